The van der Waals surface area contributed by atoms with Crippen molar-refractivity contribution in [2.75, 3.05) is 0 Å². The summed E-state index contributed by atoms with van der Waals surface area (Å²) in [7, 11) is 0. The van der Waals surface area contributed by atoms with Gasteiger partial charge in [-0.2, -0.15) is 0 Å². The number of ketones is 1. The van der Waals surface area contributed by atoms with Crippen molar-refractivity contribution in [3.05, 3.63) is 70.0 Å². The third-order valence-corrected chi connectivity index (χ3v) is 3.01. The summed E-state index contributed by atoms with van der Waals surface area (Å²) < 4.78 is 39.3. The Balaban J connectivity index is 2.08. The standard InChI is InChI=1S/C15H10ClF3O/c16-10-5-9(6-12(18)7-10)1-4-15(20)13-3-2-11(17)8-14(13)19/h2-3,5-8H,1,4H2. The van der Waals surface area contributed by atoms with Crippen LogP contribution in [0.5, 0.6) is 0 Å². The van der Waals surface area contributed by atoms with E-state index in [1.807, 2.05) is 0 Å². The molecule has 0 saturated heterocycles. The third-order valence-electron chi connectivity index (χ3n) is 2.79. The Morgan fingerprint density at radius 2 is 1.75 bits per heavy atom. The number of halogens is 4. The second kappa shape index (κ2) is 6.09. The van der Waals surface area contributed by atoms with Gasteiger partial charge in [-0.05, 0) is 42.3 Å². The zero-order chi connectivity index (χ0) is 14.7. The van der Waals surface area contributed by atoms with Gasteiger partial charge in [0.05, 0.1) is 5.56 Å². The molecule has 0 spiro atoms. The monoisotopic (exact) mass is 298 g/mol. The highest BCUT2D eigenvalue weighted by Crippen LogP contribution is 2.17. The summed E-state index contributed by atoms with van der Waals surface area (Å²) in [6, 6.07) is 6.75. The van der Waals surface area contributed by atoms with Crippen LogP contribution in [0.2, 0.25) is 5.02 Å². The molecule has 2 aromatic rings. The zero-order valence-corrected chi connectivity index (χ0v) is 11.1. The topological polar surface area (TPSA) is 17.1 Å². The summed E-state index contributed by atoms with van der Waals surface area (Å²) in [4.78, 5) is 11.8. The molecular formula is C15H10ClF3O. The van der Waals surface area contributed by atoms with Gasteiger partial charge in [-0.3, -0.25) is 4.79 Å². The lowest BCUT2D eigenvalue weighted by molar-refractivity contribution is 0.0979. The van der Waals surface area contributed by atoms with E-state index in [0.717, 1.165) is 18.2 Å². The van der Waals surface area contributed by atoms with Crippen LogP contribution in [0.1, 0.15) is 22.3 Å². The quantitative estimate of drug-likeness (QED) is 0.756. The Bertz CT molecular complexity index is 635. The summed E-state index contributed by atoms with van der Waals surface area (Å²) in [5, 5.41) is 0.236. The summed E-state index contributed by atoms with van der Waals surface area (Å²) in [5.74, 6) is -2.60. The molecule has 5 heteroatoms. The summed E-state index contributed by atoms with van der Waals surface area (Å²) >= 11 is 5.70. The molecule has 20 heavy (non-hydrogen) atoms. The first-order valence-corrected chi connectivity index (χ1v) is 6.27. The summed E-state index contributed by atoms with van der Waals surface area (Å²) in [5.41, 5.74) is 0.375. The van der Waals surface area contributed by atoms with E-state index in [9.17, 15) is 18.0 Å². The summed E-state index contributed by atoms with van der Waals surface area (Å²) in [6.07, 6.45) is 0.218. The number of benzene rings is 2. The molecule has 0 amide bonds. The third kappa shape index (κ3) is 3.61. The van der Waals surface area contributed by atoms with Gasteiger partial charge in [-0.1, -0.05) is 11.6 Å². The van der Waals surface area contributed by atoms with Gasteiger partial charge in [-0.15, -0.1) is 0 Å². The molecule has 0 atom stereocenters. The van der Waals surface area contributed by atoms with Crippen LogP contribution in [0.4, 0.5) is 13.2 Å². The first-order valence-electron chi connectivity index (χ1n) is 5.89. The van der Waals surface area contributed by atoms with Crippen LogP contribution < -0.4 is 0 Å². The molecule has 0 aliphatic rings. The number of hydrogen-bond acceptors (Lipinski definition) is 1. The van der Waals surface area contributed by atoms with Gasteiger partial charge < -0.3 is 0 Å². The fourth-order valence-electron chi connectivity index (χ4n) is 1.86. The normalized spacial score (nSPS) is 10.6. The average Bonchev–Trinajstić information content (AvgIpc) is 2.35. The molecule has 0 saturated carbocycles. The molecule has 0 aliphatic carbocycles. The number of carbonyl (C=O) groups is 1. The van der Waals surface area contributed by atoms with Crippen molar-refractivity contribution >= 4 is 17.4 Å². The second-order valence-corrected chi connectivity index (χ2v) is 4.76. The van der Waals surface area contributed by atoms with E-state index in [2.05, 4.69) is 0 Å². The lowest BCUT2D eigenvalue weighted by Crippen LogP contribution is -2.04. The van der Waals surface area contributed by atoms with E-state index in [0.29, 0.717) is 11.6 Å². The van der Waals surface area contributed by atoms with E-state index in [1.54, 1.807) is 6.07 Å². The zero-order valence-electron chi connectivity index (χ0n) is 10.3. The minimum Gasteiger partial charge on any atom is -0.294 e. The van der Waals surface area contributed by atoms with E-state index >= 15 is 0 Å². The number of aryl methyl sites for hydroxylation is 1. The minimum absolute atomic E-state index is 0.0116. The lowest BCUT2D eigenvalue weighted by Gasteiger charge is -2.04. The largest absolute Gasteiger partial charge is 0.294 e. The highest BCUT2D eigenvalue weighted by Gasteiger charge is 2.12. The van der Waals surface area contributed by atoms with Crippen LogP contribution in [-0.2, 0) is 6.42 Å². The number of rotatable bonds is 4. The van der Waals surface area contributed by atoms with Crippen LogP contribution in [0.15, 0.2) is 36.4 Å². The van der Waals surface area contributed by atoms with E-state index in [4.69, 9.17) is 11.6 Å². The van der Waals surface area contributed by atoms with Gasteiger partial charge >= 0.3 is 0 Å². The molecule has 0 radical (unpaired) electrons. The van der Waals surface area contributed by atoms with Crippen LogP contribution >= 0.6 is 11.6 Å². The van der Waals surface area contributed by atoms with Gasteiger partial charge in [0.1, 0.15) is 17.5 Å². The van der Waals surface area contributed by atoms with Crippen LogP contribution in [0.3, 0.4) is 0 Å². The lowest BCUT2D eigenvalue weighted by atomic mass is 10.0. The first kappa shape index (κ1) is 14.6. The molecule has 0 fully saturated rings. The molecule has 0 unspecified atom stereocenters. The Kier molecular flexibility index (Phi) is 4.45. The fraction of sp³-hybridized carbons (Fsp3) is 0.133. The van der Waals surface area contributed by atoms with Crippen LogP contribution in [0, 0.1) is 17.5 Å². The maximum atomic E-state index is 13.4. The highest BCUT2D eigenvalue weighted by atomic mass is 35.5. The van der Waals surface area contributed by atoms with Gasteiger partial charge in [-0.25, -0.2) is 13.2 Å². The van der Waals surface area contributed by atoms with Crippen molar-refractivity contribution in [1.82, 2.24) is 0 Å². The van der Waals surface area contributed by atoms with Crippen molar-refractivity contribution in [2.24, 2.45) is 0 Å². The second-order valence-electron chi connectivity index (χ2n) is 4.33. The number of carbonyl (C=O) groups excluding carboxylic acids is 1. The Labute approximate surface area is 119 Å². The fourth-order valence-corrected chi connectivity index (χ4v) is 2.11. The van der Waals surface area contributed by atoms with Crippen molar-refractivity contribution in [2.45, 2.75) is 12.8 Å². The maximum Gasteiger partial charge on any atom is 0.166 e. The molecule has 2 aromatic carbocycles. The number of hydrogen-bond donors (Lipinski definition) is 0. The summed E-state index contributed by atoms with van der Waals surface area (Å²) in [6.45, 7) is 0. The predicted octanol–water partition coefficient (Wildman–Crippen LogP) is 4.57. The average molecular weight is 299 g/mol. The molecule has 0 aliphatic heterocycles. The molecule has 0 aromatic heterocycles. The van der Waals surface area contributed by atoms with Crippen molar-refractivity contribution in [3.63, 3.8) is 0 Å². The Morgan fingerprint density at radius 3 is 2.40 bits per heavy atom. The van der Waals surface area contributed by atoms with Crippen molar-refractivity contribution in [1.29, 1.82) is 0 Å². The molecule has 0 heterocycles. The SMILES string of the molecule is O=C(CCc1cc(F)cc(Cl)c1)c1ccc(F)cc1F. The molecule has 0 N–H and O–H groups in total. The Hall–Kier alpha value is -1.81. The Morgan fingerprint density at radius 1 is 1.00 bits per heavy atom. The van der Waals surface area contributed by atoms with Crippen LogP contribution in [-0.4, -0.2) is 5.78 Å². The van der Waals surface area contributed by atoms with E-state index in [-0.39, 0.29) is 23.4 Å². The van der Waals surface area contributed by atoms with Gasteiger partial charge in [0.25, 0.3) is 0 Å². The van der Waals surface area contributed by atoms with E-state index < -0.39 is 23.2 Å². The maximum absolute atomic E-state index is 13.4. The molecule has 1 nitrogen and oxygen atoms in total. The molecule has 0 bridgehead atoms. The van der Waals surface area contributed by atoms with Gasteiger partial charge in [0.15, 0.2) is 5.78 Å². The highest BCUT2D eigenvalue weighted by molar-refractivity contribution is 6.30. The first-order chi connectivity index (χ1) is 9.45. The van der Waals surface area contributed by atoms with Crippen LogP contribution in [0.25, 0.3) is 0 Å². The predicted molar refractivity (Wildman–Crippen MR) is 70.4 cm³/mol. The molecule has 104 valence electrons. The van der Waals surface area contributed by atoms with Gasteiger partial charge in [0.2, 0.25) is 0 Å². The minimum atomic E-state index is -0.896. The smallest absolute Gasteiger partial charge is 0.166 e. The van der Waals surface area contributed by atoms with Crippen molar-refractivity contribution < 1.29 is 18.0 Å². The molecular weight excluding hydrogens is 289 g/mol. The van der Waals surface area contributed by atoms with Gasteiger partial charge in [0, 0.05) is 17.5 Å². The van der Waals surface area contributed by atoms with Crippen molar-refractivity contribution in [3.8, 4) is 0 Å². The number of Topliss-reactive ketones (excluding diaryl/α,β-unsaturated/α-hetero) is 1. The molecule has 2 rings (SSSR count). The van der Waals surface area contributed by atoms with E-state index in [1.165, 1.54) is 6.07 Å².